The van der Waals surface area contributed by atoms with Crippen molar-refractivity contribution in [1.29, 1.82) is 0 Å². The van der Waals surface area contributed by atoms with Crippen LogP contribution in [-0.2, 0) is 4.79 Å². The maximum absolute atomic E-state index is 12.9. The van der Waals surface area contributed by atoms with Crippen LogP contribution in [0.4, 0.5) is 5.69 Å². The van der Waals surface area contributed by atoms with Crippen molar-refractivity contribution in [3.63, 3.8) is 0 Å². The minimum absolute atomic E-state index is 0.0459. The van der Waals surface area contributed by atoms with Crippen LogP contribution in [0.1, 0.15) is 22.5 Å². The van der Waals surface area contributed by atoms with Gasteiger partial charge in [-0.3, -0.25) is 9.59 Å². The molecule has 160 valence electrons. The van der Waals surface area contributed by atoms with E-state index in [1.165, 1.54) is 11.3 Å². The highest BCUT2D eigenvalue weighted by Gasteiger charge is 2.29. The standard InChI is InChI=1S/C23H22ClN3O3S/c1-30-19-9-5-4-8-18(19)26-21(28)15-10-12-27(13-11-15)23(29)20-14-25-22(31-20)16-6-2-3-7-17(16)24/h2-9,14-15H,10-13H2,1H3,(H,26,28). The first-order valence-corrected chi connectivity index (χ1v) is 11.2. The normalized spacial score (nSPS) is 14.3. The van der Waals surface area contributed by atoms with Crippen LogP contribution in [0, 0.1) is 5.92 Å². The number of likely N-dealkylation sites (tertiary alicyclic amines) is 1. The number of carbonyl (C=O) groups is 2. The van der Waals surface area contributed by atoms with E-state index in [0.717, 1.165) is 10.6 Å². The van der Waals surface area contributed by atoms with Crippen LogP contribution in [0.15, 0.2) is 54.7 Å². The number of aromatic nitrogens is 1. The van der Waals surface area contributed by atoms with Gasteiger partial charge in [-0.25, -0.2) is 4.98 Å². The molecule has 4 rings (SSSR count). The SMILES string of the molecule is COc1ccccc1NC(=O)C1CCN(C(=O)c2cnc(-c3ccccc3Cl)s2)CC1. The van der Waals surface area contributed by atoms with Crippen molar-refractivity contribution < 1.29 is 14.3 Å². The lowest BCUT2D eigenvalue weighted by Crippen LogP contribution is -2.41. The molecule has 0 bridgehead atoms. The molecular formula is C23H22ClN3O3S. The number of amides is 2. The van der Waals surface area contributed by atoms with Gasteiger partial charge in [0, 0.05) is 24.6 Å². The number of methoxy groups -OCH3 is 1. The highest BCUT2D eigenvalue weighted by molar-refractivity contribution is 7.17. The van der Waals surface area contributed by atoms with Crippen molar-refractivity contribution in [1.82, 2.24) is 9.88 Å². The Kier molecular flexibility index (Phi) is 6.53. The molecule has 0 saturated carbocycles. The zero-order valence-corrected chi connectivity index (χ0v) is 18.6. The summed E-state index contributed by atoms with van der Waals surface area (Å²) in [5, 5.41) is 4.28. The first-order chi connectivity index (χ1) is 15.1. The fraction of sp³-hybridized carbons (Fsp3) is 0.261. The number of para-hydroxylation sites is 2. The van der Waals surface area contributed by atoms with E-state index in [2.05, 4.69) is 10.3 Å². The zero-order chi connectivity index (χ0) is 21.8. The minimum Gasteiger partial charge on any atom is -0.495 e. The molecule has 0 aliphatic carbocycles. The van der Waals surface area contributed by atoms with Crippen molar-refractivity contribution in [3.05, 3.63) is 64.6 Å². The van der Waals surface area contributed by atoms with Crippen LogP contribution in [0.5, 0.6) is 5.75 Å². The van der Waals surface area contributed by atoms with Crippen LogP contribution in [0.3, 0.4) is 0 Å². The third-order valence-electron chi connectivity index (χ3n) is 5.34. The van der Waals surface area contributed by atoms with Gasteiger partial charge in [-0.15, -0.1) is 11.3 Å². The van der Waals surface area contributed by atoms with E-state index in [9.17, 15) is 9.59 Å². The first kappa shape index (κ1) is 21.3. The quantitative estimate of drug-likeness (QED) is 0.590. The molecule has 0 radical (unpaired) electrons. The van der Waals surface area contributed by atoms with Gasteiger partial charge in [-0.2, -0.15) is 0 Å². The molecule has 1 fully saturated rings. The average Bonchev–Trinajstić information content (AvgIpc) is 3.29. The molecule has 0 spiro atoms. The van der Waals surface area contributed by atoms with E-state index in [-0.39, 0.29) is 17.7 Å². The number of thiazole rings is 1. The number of nitrogens with zero attached hydrogens (tertiary/aromatic N) is 2. The second-order valence-corrected chi connectivity index (χ2v) is 8.70. The van der Waals surface area contributed by atoms with Crippen molar-refractivity contribution in [3.8, 4) is 16.3 Å². The van der Waals surface area contributed by atoms with Gasteiger partial charge in [-0.05, 0) is 31.0 Å². The van der Waals surface area contributed by atoms with Gasteiger partial charge in [0.2, 0.25) is 5.91 Å². The van der Waals surface area contributed by atoms with Crippen LogP contribution in [-0.4, -0.2) is 41.9 Å². The summed E-state index contributed by atoms with van der Waals surface area (Å²) < 4.78 is 5.29. The molecule has 2 heterocycles. The van der Waals surface area contributed by atoms with Crippen molar-refractivity contribution >= 4 is 40.4 Å². The molecule has 3 aromatic rings. The summed E-state index contributed by atoms with van der Waals surface area (Å²) in [5.74, 6) is 0.381. The lowest BCUT2D eigenvalue weighted by atomic mass is 9.95. The van der Waals surface area contributed by atoms with Crippen LogP contribution in [0.2, 0.25) is 5.02 Å². The zero-order valence-electron chi connectivity index (χ0n) is 17.0. The highest BCUT2D eigenvalue weighted by atomic mass is 35.5. The summed E-state index contributed by atoms with van der Waals surface area (Å²) in [7, 11) is 1.58. The lowest BCUT2D eigenvalue weighted by Gasteiger charge is -2.31. The molecular weight excluding hydrogens is 434 g/mol. The van der Waals surface area contributed by atoms with E-state index in [1.54, 1.807) is 24.3 Å². The van der Waals surface area contributed by atoms with Crippen molar-refractivity contribution in [2.45, 2.75) is 12.8 Å². The smallest absolute Gasteiger partial charge is 0.265 e. The minimum atomic E-state index is -0.144. The summed E-state index contributed by atoms with van der Waals surface area (Å²) in [4.78, 5) is 32.4. The number of piperidine rings is 1. The molecule has 2 aromatic carbocycles. The summed E-state index contributed by atoms with van der Waals surface area (Å²) in [5.41, 5.74) is 1.48. The molecule has 1 saturated heterocycles. The predicted octanol–water partition coefficient (Wildman–Crippen LogP) is 4.96. The summed E-state index contributed by atoms with van der Waals surface area (Å²) in [6.07, 6.45) is 2.83. The molecule has 0 unspecified atom stereocenters. The topological polar surface area (TPSA) is 71.5 Å². The van der Waals surface area contributed by atoms with Gasteiger partial charge >= 0.3 is 0 Å². The second-order valence-electron chi connectivity index (χ2n) is 7.27. The van der Waals surface area contributed by atoms with E-state index in [1.807, 2.05) is 42.5 Å². The Morgan fingerprint density at radius 3 is 2.58 bits per heavy atom. The number of halogens is 1. The number of hydrogen-bond acceptors (Lipinski definition) is 5. The Bertz CT molecular complexity index is 1090. The Morgan fingerprint density at radius 1 is 1.13 bits per heavy atom. The maximum Gasteiger partial charge on any atom is 0.265 e. The number of nitrogens with one attached hydrogen (secondary N) is 1. The second kappa shape index (κ2) is 9.49. The first-order valence-electron chi connectivity index (χ1n) is 10.0. The molecule has 1 aromatic heterocycles. The Balaban J connectivity index is 1.36. The average molecular weight is 456 g/mol. The van der Waals surface area contributed by atoms with E-state index < -0.39 is 0 Å². The van der Waals surface area contributed by atoms with Gasteiger partial charge in [0.25, 0.3) is 5.91 Å². The van der Waals surface area contributed by atoms with Gasteiger partial charge in [0.15, 0.2) is 0 Å². The Labute approximate surface area is 189 Å². The molecule has 8 heteroatoms. The van der Waals surface area contributed by atoms with E-state index >= 15 is 0 Å². The number of hydrogen-bond donors (Lipinski definition) is 1. The molecule has 0 atom stereocenters. The Morgan fingerprint density at radius 2 is 1.84 bits per heavy atom. The number of benzene rings is 2. The third kappa shape index (κ3) is 4.73. The number of carbonyl (C=O) groups excluding carboxylic acids is 2. The van der Waals surface area contributed by atoms with Crippen LogP contribution < -0.4 is 10.1 Å². The highest BCUT2D eigenvalue weighted by Crippen LogP contribution is 2.32. The molecule has 1 aliphatic rings. The van der Waals surface area contributed by atoms with Gasteiger partial charge in [0.05, 0.1) is 24.0 Å². The van der Waals surface area contributed by atoms with E-state index in [4.69, 9.17) is 16.3 Å². The van der Waals surface area contributed by atoms with Gasteiger partial charge in [0.1, 0.15) is 15.6 Å². The molecule has 6 nitrogen and oxygen atoms in total. The summed E-state index contributed by atoms with van der Waals surface area (Å²) >= 11 is 7.58. The van der Waals surface area contributed by atoms with Gasteiger partial charge in [-0.1, -0.05) is 41.9 Å². The lowest BCUT2D eigenvalue weighted by molar-refractivity contribution is -0.121. The van der Waals surface area contributed by atoms with Gasteiger partial charge < -0.3 is 15.0 Å². The number of rotatable bonds is 5. The molecule has 2 amide bonds. The largest absolute Gasteiger partial charge is 0.495 e. The number of anilines is 1. The summed E-state index contributed by atoms with van der Waals surface area (Å²) in [6.45, 7) is 1.06. The maximum atomic E-state index is 12.9. The third-order valence-corrected chi connectivity index (χ3v) is 6.69. The van der Waals surface area contributed by atoms with E-state index in [0.29, 0.717) is 47.3 Å². The van der Waals surface area contributed by atoms with Crippen molar-refractivity contribution in [2.75, 3.05) is 25.5 Å². The molecule has 1 aliphatic heterocycles. The molecule has 1 N–H and O–H groups in total. The van der Waals surface area contributed by atoms with Crippen LogP contribution in [0.25, 0.3) is 10.6 Å². The fourth-order valence-corrected chi connectivity index (χ4v) is 4.82. The van der Waals surface area contributed by atoms with Crippen LogP contribution >= 0.6 is 22.9 Å². The molecule has 31 heavy (non-hydrogen) atoms. The predicted molar refractivity (Wildman–Crippen MR) is 123 cm³/mol. The fourth-order valence-electron chi connectivity index (χ4n) is 3.62. The summed E-state index contributed by atoms with van der Waals surface area (Å²) in [6, 6.07) is 14.8. The number of ether oxygens (including phenoxy) is 1. The Hall–Kier alpha value is -2.90. The monoisotopic (exact) mass is 455 g/mol. The van der Waals surface area contributed by atoms with Crippen molar-refractivity contribution in [2.24, 2.45) is 5.92 Å².